The van der Waals surface area contributed by atoms with Crippen LogP contribution in [0, 0.1) is 6.92 Å². The van der Waals surface area contributed by atoms with E-state index in [4.69, 9.17) is 16.3 Å². The number of nitrogens with one attached hydrogen (secondary N) is 1. The molecule has 0 aromatic heterocycles. The number of rotatable bonds is 6. The van der Waals surface area contributed by atoms with E-state index in [-0.39, 0.29) is 0 Å². The Labute approximate surface area is 172 Å². The monoisotopic (exact) mass is 414 g/mol. The van der Waals surface area contributed by atoms with Crippen molar-refractivity contribution in [3.63, 3.8) is 0 Å². The van der Waals surface area contributed by atoms with E-state index in [0.29, 0.717) is 16.1 Å². The zero-order valence-corrected chi connectivity index (χ0v) is 16.7. The number of hydrogen-bond acceptors (Lipinski definition) is 5. The van der Waals surface area contributed by atoms with Crippen molar-refractivity contribution in [1.82, 2.24) is 10.2 Å². The van der Waals surface area contributed by atoms with Crippen LogP contribution in [-0.2, 0) is 19.9 Å². The number of imide groups is 1. The van der Waals surface area contributed by atoms with Crippen LogP contribution in [0.3, 0.4) is 0 Å². The van der Waals surface area contributed by atoms with Crippen molar-refractivity contribution >= 4 is 35.3 Å². The highest BCUT2D eigenvalue weighted by atomic mass is 35.5. The Kier molecular flexibility index (Phi) is 5.70. The standard InChI is InChI=1S/C21H19ClN2O5/c1-13-3-7-15(8-4-13)21(2)19(27)24(20(28)23-21)11-18(26)29-12-17(25)14-5-9-16(22)10-6-14/h3-10H,11-12H2,1-2H3,(H,23,28)/t21-/m1/s1. The molecule has 3 amide bonds. The van der Waals surface area contributed by atoms with E-state index in [1.165, 1.54) is 12.1 Å². The van der Waals surface area contributed by atoms with Gasteiger partial charge in [-0.25, -0.2) is 4.79 Å². The first-order valence-electron chi connectivity index (χ1n) is 8.86. The minimum atomic E-state index is -1.27. The SMILES string of the molecule is Cc1ccc([C@@]2(C)NC(=O)N(CC(=O)OCC(=O)c3ccc(Cl)cc3)C2=O)cc1. The Bertz CT molecular complexity index is 972. The Hall–Kier alpha value is -3.19. The van der Waals surface area contributed by atoms with Gasteiger partial charge in [0.2, 0.25) is 0 Å². The van der Waals surface area contributed by atoms with Crippen molar-refractivity contribution in [2.75, 3.05) is 13.2 Å². The number of esters is 1. The van der Waals surface area contributed by atoms with Crippen LogP contribution in [0.1, 0.15) is 28.4 Å². The fourth-order valence-electron chi connectivity index (χ4n) is 2.96. The van der Waals surface area contributed by atoms with Gasteiger partial charge in [0.05, 0.1) is 0 Å². The van der Waals surface area contributed by atoms with Crippen LogP contribution in [0.2, 0.25) is 5.02 Å². The lowest BCUT2D eigenvalue weighted by molar-refractivity contribution is -0.146. The van der Waals surface area contributed by atoms with Crippen LogP contribution in [0.15, 0.2) is 48.5 Å². The van der Waals surface area contributed by atoms with Gasteiger partial charge in [-0.1, -0.05) is 41.4 Å². The van der Waals surface area contributed by atoms with E-state index in [0.717, 1.165) is 10.5 Å². The van der Waals surface area contributed by atoms with Crippen LogP contribution in [0.25, 0.3) is 0 Å². The van der Waals surface area contributed by atoms with Gasteiger partial charge in [0.1, 0.15) is 12.1 Å². The van der Waals surface area contributed by atoms with Crippen LogP contribution in [0.5, 0.6) is 0 Å². The Morgan fingerprint density at radius 1 is 1.07 bits per heavy atom. The zero-order valence-electron chi connectivity index (χ0n) is 15.9. The number of ketones is 1. The molecule has 1 aliphatic heterocycles. The number of Topliss-reactive ketones (excluding diaryl/α,β-unsaturated/α-hetero) is 1. The van der Waals surface area contributed by atoms with Gasteiger partial charge in [-0.05, 0) is 43.7 Å². The largest absolute Gasteiger partial charge is 0.456 e. The fraction of sp³-hybridized carbons (Fsp3) is 0.238. The summed E-state index contributed by atoms with van der Waals surface area (Å²) in [5.41, 5.74) is 0.684. The molecule has 0 unspecified atom stereocenters. The summed E-state index contributed by atoms with van der Waals surface area (Å²) in [6, 6.07) is 12.6. The van der Waals surface area contributed by atoms with E-state index in [2.05, 4.69) is 5.32 Å². The summed E-state index contributed by atoms with van der Waals surface area (Å²) >= 11 is 5.77. The maximum absolute atomic E-state index is 12.8. The van der Waals surface area contributed by atoms with Crippen LogP contribution < -0.4 is 5.32 Å². The number of hydrogen-bond donors (Lipinski definition) is 1. The maximum atomic E-state index is 12.8. The lowest BCUT2D eigenvalue weighted by Crippen LogP contribution is -2.41. The molecule has 3 rings (SSSR count). The number of nitrogens with zero attached hydrogens (tertiary/aromatic N) is 1. The molecule has 1 heterocycles. The van der Waals surface area contributed by atoms with Crippen molar-refractivity contribution < 1.29 is 23.9 Å². The number of halogens is 1. The molecule has 0 saturated carbocycles. The number of carbonyl (C=O) groups excluding carboxylic acids is 4. The van der Waals surface area contributed by atoms with Crippen molar-refractivity contribution in [3.8, 4) is 0 Å². The van der Waals surface area contributed by atoms with Gasteiger partial charge >= 0.3 is 12.0 Å². The topological polar surface area (TPSA) is 92.8 Å². The molecular formula is C21H19ClN2O5. The van der Waals surface area contributed by atoms with E-state index in [9.17, 15) is 19.2 Å². The zero-order chi connectivity index (χ0) is 21.2. The summed E-state index contributed by atoms with van der Waals surface area (Å²) in [4.78, 5) is 50.0. The number of aryl methyl sites for hydroxylation is 1. The van der Waals surface area contributed by atoms with E-state index >= 15 is 0 Å². The van der Waals surface area contributed by atoms with Gasteiger partial charge < -0.3 is 10.1 Å². The first-order chi connectivity index (χ1) is 13.7. The second-order valence-corrected chi connectivity index (χ2v) is 7.34. The van der Waals surface area contributed by atoms with Crippen molar-refractivity contribution in [3.05, 3.63) is 70.2 Å². The average Bonchev–Trinajstić information content (AvgIpc) is 2.91. The molecule has 29 heavy (non-hydrogen) atoms. The van der Waals surface area contributed by atoms with Crippen LogP contribution in [0.4, 0.5) is 4.79 Å². The minimum Gasteiger partial charge on any atom is -0.456 e. The average molecular weight is 415 g/mol. The highest BCUT2D eigenvalue weighted by Gasteiger charge is 2.49. The summed E-state index contributed by atoms with van der Waals surface area (Å²) in [5, 5.41) is 3.10. The number of benzene rings is 2. The summed E-state index contributed by atoms with van der Waals surface area (Å²) in [6.45, 7) is 2.40. The van der Waals surface area contributed by atoms with Gasteiger partial charge in [0.25, 0.3) is 5.91 Å². The third-order valence-corrected chi connectivity index (χ3v) is 4.97. The summed E-state index contributed by atoms with van der Waals surface area (Å²) < 4.78 is 4.94. The molecule has 0 bridgehead atoms. The smallest absolute Gasteiger partial charge is 0.326 e. The molecule has 8 heteroatoms. The molecule has 1 N–H and O–H groups in total. The molecule has 150 valence electrons. The van der Waals surface area contributed by atoms with Gasteiger partial charge in [-0.3, -0.25) is 19.3 Å². The fourth-order valence-corrected chi connectivity index (χ4v) is 3.09. The summed E-state index contributed by atoms with van der Waals surface area (Å²) in [6.07, 6.45) is 0. The molecule has 0 radical (unpaired) electrons. The summed E-state index contributed by atoms with van der Waals surface area (Å²) in [7, 11) is 0. The lowest BCUT2D eigenvalue weighted by atomic mass is 9.91. The van der Waals surface area contributed by atoms with Crippen molar-refractivity contribution in [1.29, 1.82) is 0 Å². The molecule has 1 atom stereocenters. The maximum Gasteiger partial charge on any atom is 0.326 e. The number of amides is 3. The van der Waals surface area contributed by atoms with E-state index < -0.39 is 42.4 Å². The molecular weight excluding hydrogens is 396 g/mol. The number of carbonyl (C=O) groups is 4. The second kappa shape index (κ2) is 8.05. The second-order valence-electron chi connectivity index (χ2n) is 6.90. The first kappa shape index (κ1) is 20.5. The normalized spacial score (nSPS) is 18.5. The Morgan fingerprint density at radius 2 is 1.69 bits per heavy atom. The highest BCUT2D eigenvalue weighted by Crippen LogP contribution is 2.28. The van der Waals surface area contributed by atoms with Gasteiger partial charge in [0, 0.05) is 10.6 Å². The van der Waals surface area contributed by atoms with Gasteiger partial charge in [0.15, 0.2) is 12.4 Å². The predicted molar refractivity (Wildman–Crippen MR) is 106 cm³/mol. The third-order valence-electron chi connectivity index (χ3n) is 4.72. The van der Waals surface area contributed by atoms with Gasteiger partial charge in [-0.2, -0.15) is 0 Å². The van der Waals surface area contributed by atoms with E-state index in [1.807, 2.05) is 19.1 Å². The molecule has 2 aromatic rings. The molecule has 2 aromatic carbocycles. The highest BCUT2D eigenvalue weighted by molar-refractivity contribution is 6.30. The van der Waals surface area contributed by atoms with Crippen LogP contribution >= 0.6 is 11.6 Å². The van der Waals surface area contributed by atoms with Crippen molar-refractivity contribution in [2.45, 2.75) is 19.4 Å². The van der Waals surface area contributed by atoms with E-state index in [1.54, 1.807) is 31.2 Å². The molecule has 7 nitrogen and oxygen atoms in total. The minimum absolute atomic E-state index is 0.337. The molecule has 1 fully saturated rings. The Morgan fingerprint density at radius 3 is 2.31 bits per heavy atom. The van der Waals surface area contributed by atoms with Crippen molar-refractivity contribution in [2.24, 2.45) is 0 Å². The quantitative estimate of drug-likeness (QED) is 0.445. The molecule has 0 aliphatic carbocycles. The molecule has 1 saturated heterocycles. The summed E-state index contributed by atoms with van der Waals surface area (Å²) in [5.74, 6) is -1.84. The number of ether oxygens (including phenoxy) is 1. The first-order valence-corrected chi connectivity index (χ1v) is 9.24. The van der Waals surface area contributed by atoms with Gasteiger partial charge in [-0.15, -0.1) is 0 Å². The molecule has 1 aliphatic rings. The molecule has 0 spiro atoms. The number of urea groups is 1. The van der Waals surface area contributed by atoms with Crippen LogP contribution in [-0.4, -0.2) is 41.7 Å². The predicted octanol–water partition coefficient (Wildman–Crippen LogP) is 2.84. The Balaban J connectivity index is 1.62. The third kappa shape index (κ3) is 4.30. The lowest BCUT2D eigenvalue weighted by Gasteiger charge is -2.22.